The van der Waals surface area contributed by atoms with Crippen molar-refractivity contribution in [2.45, 2.75) is 39.0 Å². The van der Waals surface area contributed by atoms with Crippen LogP contribution in [0.25, 0.3) is 0 Å². The van der Waals surface area contributed by atoms with Crippen molar-refractivity contribution in [2.75, 3.05) is 26.7 Å². The van der Waals surface area contributed by atoms with Crippen LogP contribution in [0.1, 0.15) is 30.9 Å². The SMILES string of the molecule is CCN1CCCC1CNCc1cc(Br)c(OCc2ccc(Cl)cc2Cl)c(OC)c1. The second-order valence-electron chi connectivity index (χ2n) is 7.19. The van der Waals surface area contributed by atoms with Crippen LogP contribution in [0, 0.1) is 0 Å². The minimum absolute atomic E-state index is 0.330. The summed E-state index contributed by atoms with van der Waals surface area (Å²) in [6, 6.07) is 10.1. The van der Waals surface area contributed by atoms with E-state index < -0.39 is 0 Å². The van der Waals surface area contributed by atoms with Crippen molar-refractivity contribution in [1.82, 2.24) is 10.2 Å². The van der Waals surface area contributed by atoms with Crippen LogP contribution in [0.2, 0.25) is 10.0 Å². The number of likely N-dealkylation sites (tertiary alicyclic amines) is 1. The smallest absolute Gasteiger partial charge is 0.175 e. The van der Waals surface area contributed by atoms with Crippen molar-refractivity contribution in [3.05, 3.63) is 56.0 Å². The van der Waals surface area contributed by atoms with Crippen LogP contribution in [-0.4, -0.2) is 37.7 Å². The van der Waals surface area contributed by atoms with Gasteiger partial charge in [0.2, 0.25) is 0 Å². The Kier molecular flexibility index (Phi) is 8.51. The molecule has 0 radical (unpaired) electrons. The Bertz CT molecular complexity index is 835. The highest BCUT2D eigenvalue weighted by Crippen LogP contribution is 2.37. The van der Waals surface area contributed by atoms with Gasteiger partial charge in [0.25, 0.3) is 0 Å². The van der Waals surface area contributed by atoms with Gasteiger partial charge in [0.1, 0.15) is 6.61 Å². The summed E-state index contributed by atoms with van der Waals surface area (Å²) in [5.74, 6) is 1.35. The number of nitrogens with zero attached hydrogens (tertiary/aromatic N) is 1. The van der Waals surface area contributed by atoms with E-state index in [4.69, 9.17) is 32.7 Å². The normalized spacial score (nSPS) is 16.9. The predicted octanol–water partition coefficient (Wildman–Crippen LogP) is 5.92. The topological polar surface area (TPSA) is 33.7 Å². The molecule has 0 bridgehead atoms. The number of hydrogen-bond acceptors (Lipinski definition) is 4. The second-order valence-corrected chi connectivity index (χ2v) is 8.89. The molecule has 0 aromatic heterocycles. The van der Waals surface area contributed by atoms with Crippen LogP contribution in [-0.2, 0) is 13.2 Å². The van der Waals surface area contributed by atoms with E-state index in [1.54, 1.807) is 19.2 Å². The third-order valence-corrected chi connectivity index (χ3v) is 6.47. The molecule has 0 amide bonds. The van der Waals surface area contributed by atoms with Gasteiger partial charge < -0.3 is 14.8 Å². The third kappa shape index (κ3) is 6.02. The molecule has 1 aliphatic heterocycles. The maximum Gasteiger partial charge on any atom is 0.175 e. The Morgan fingerprint density at radius 1 is 1.24 bits per heavy atom. The Morgan fingerprint density at radius 2 is 2.07 bits per heavy atom. The second kappa shape index (κ2) is 10.9. The Balaban J connectivity index is 1.62. The molecule has 29 heavy (non-hydrogen) atoms. The van der Waals surface area contributed by atoms with Crippen molar-refractivity contribution in [3.63, 3.8) is 0 Å². The summed E-state index contributed by atoms with van der Waals surface area (Å²) in [5.41, 5.74) is 2.01. The first-order chi connectivity index (χ1) is 14.0. The molecule has 0 saturated carbocycles. The average molecular weight is 502 g/mol. The molecule has 1 atom stereocenters. The highest BCUT2D eigenvalue weighted by molar-refractivity contribution is 9.10. The van der Waals surface area contributed by atoms with E-state index in [1.807, 2.05) is 12.1 Å². The lowest BCUT2D eigenvalue weighted by molar-refractivity contribution is 0.259. The van der Waals surface area contributed by atoms with E-state index in [1.165, 1.54) is 19.4 Å². The molecule has 1 fully saturated rings. The summed E-state index contributed by atoms with van der Waals surface area (Å²) in [5, 5.41) is 4.78. The highest BCUT2D eigenvalue weighted by atomic mass is 79.9. The lowest BCUT2D eigenvalue weighted by Gasteiger charge is -2.23. The fourth-order valence-electron chi connectivity index (χ4n) is 3.73. The average Bonchev–Trinajstić information content (AvgIpc) is 3.15. The zero-order valence-corrected chi connectivity index (χ0v) is 19.9. The number of halogens is 3. The predicted molar refractivity (Wildman–Crippen MR) is 123 cm³/mol. The van der Waals surface area contributed by atoms with Crippen LogP contribution >= 0.6 is 39.1 Å². The van der Waals surface area contributed by atoms with Crippen molar-refractivity contribution in [2.24, 2.45) is 0 Å². The first-order valence-corrected chi connectivity index (χ1v) is 11.4. The Hall–Kier alpha value is -0.980. The van der Waals surface area contributed by atoms with Gasteiger partial charge in [-0.15, -0.1) is 0 Å². The molecular weight excluding hydrogens is 475 g/mol. The van der Waals surface area contributed by atoms with Gasteiger partial charge in [-0.2, -0.15) is 0 Å². The van der Waals surface area contributed by atoms with E-state index in [0.29, 0.717) is 34.2 Å². The minimum Gasteiger partial charge on any atom is -0.493 e. The van der Waals surface area contributed by atoms with Gasteiger partial charge in [-0.05, 0) is 71.7 Å². The lowest BCUT2D eigenvalue weighted by atomic mass is 10.1. The number of ether oxygens (including phenoxy) is 2. The Labute approximate surface area is 191 Å². The van der Waals surface area contributed by atoms with Crippen LogP contribution in [0.5, 0.6) is 11.5 Å². The number of likely N-dealkylation sites (N-methyl/N-ethyl adjacent to an activating group) is 1. The van der Waals surface area contributed by atoms with Crippen LogP contribution in [0.15, 0.2) is 34.8 Å². The van der Waals surface area contributed by atoms with Crippen LogP contribution in [0.3, 0.4) is 0 Å². The van der Waals surface area contributed by atoms with Gasteiger partial charge in [-0.3, -0.25) is 4.90 Å². The molecule has 2 aromatic carbocycles. The quantitative estimate of drug-likeness (QED) is 0.462. The van der Waals surface area contributed by atoms with Gasteiger partial charge in [-0.25, -0.2) is 0 Å². The zero-order chi connectivity index (χ0) is 20.8. The molecule has 7 heteroatoms. The van der Waals surface area contributed by atoms with Crippen molar-refractivity contribution in [3.8, 4) is 11.5 Å². The molecule has 3 rings (SSSR count). The van der Waals surface area contributed by atoms with E-state index in [-0.39, 0.29) is 0 Å². The summed E-state index contributed by atoms with van der Waals surface area (Å²) in [6.45, 7) is 6.68. The first kappa shape index (κ1) is 22.7. The number of benzene rings is 2. The van der Waals surface area contributed by atoms with Crippen LogP contribution < -0.4 is 14.8 Å². The third-order valence-electron chi connectivity index (χ3n) is 5.29. The lowest BCUT2D eigenvalue weighted by Crippen LogP contribution is -2.37. The summed E-state index contributed by atoms with van der Waals surface area (Å²) >= 11 is 15.8. The van der Waals surface area contributed by atoms with Crippen molar-refractivity contribution >= 4 is 39.1 Å². The summed E-state index contributed by atoms with van der Waals surface area (Å²) in [6.07, 6.45) is 2.57. The summed E-state index contributed by atoms with van der Waals surface area (Å²) < 4.78 is 12.4. The molecule has 1 saturated heterocycles. The fraction of sp³-hybridized carbons (Fsp3) is 0.455. The van der Waals surface area contributed by atoms with Crippen molar-refractivity contribution < 1.29 is 9.47 Å². The largest absolute Gasteiger partial charge is 0.493 e. The van der Waals surface area contributed by atoms with E-state index in [9.17, 15) is 0 Å². The maximum atomic E-state index is 6.25. The molecular formula is C22H27BrCl2N2O2. The van der Waals surface area contributed by atoms with E-state index in [2.05, 4.69) is 39.1 Å². The fourth-order valence-corrected chi connectivity index (χ4v) is 4.80. The monoisotopic (exact) mass is 500 g/mol. The van der Waals surface area contributed by atoms with E-state index in [0.717, 1.165) is 35.2 Å². The number of hydrogen-bond donors (Lipinski definition) is 1. The van der Waals surface area contributed by atoms with Gasteiger partial charge in [0, 0.05) is 34.7 Å². The van der Waals surface area contributed by atoms with Gasteiger partial charge in [0.05, 0.1) is 11.6 Å². The molecule has 2 aromatic rings. The Morgan fingerprint density at radius 3 is 2.79 bits per heavy atom. The molecule has 4 nitrogen and oxygen atoms in total. The maximum absolute atomic E-state index is 6.25. The summed E-state index contributed by atoms with van der Waals surface area (Å²) in [7, 11) is 1.65. The molecule has 158 valence electrons. The number of methoxy groups -OCH3 is 1. The van der Waals surface area contributed by atoms with Gasteiger partial charge in [0.15, 0.2) is 11.5 Å². The van der Waals surface area contributed by atoms with Crippen molar-refractivity contribution in [1.29, 1.82) is 0 Å². The molecule has 1 unspecified atom stereocenters. The minimum atomic E-state index is 0.330. The standard InChI is InChI=1S/C22H27BrCl2N2O2/c1-3-27-8-4-5-18(27)13-26-12-15-9-19(23)22(21(10-15)28-2)29-14-16-6-7-17(24)11-20(16)25/h6-7,9-11,18,26H,3-5,8,12-14H2,1-2H3. The molecule has 0 spiro atoms. The summed E-state index contributed by atoms with van der Waals surface area (Å²) in [4.78, 5) is 2.54. The number of rotatable bonds is 9. The van der Waals surface area contributed by atoms with Crippen LogP contribution in [0.4, 0.5) is 0 Å². The first-order valence-electron chi connectivity index (χ1n) is 9.89. The molecule has 1 aliphatic rings. The zero-order valence-electron chi connectivity index (χ0n) is 16.8. The highest BCUT2D eigenvalue weighted by Gasteiger charge is 2.22. The molecule has 0 aliphatic carbocycles. The van der Waals surface area contributed by atoms with E-state index >= 15 is 0 Å². The molecule has 1 N–H and O–H groups in total. The van der Waals surface area contributed by atoms with Gasteiger partial charge >= 0.3 is 0 Å². The number of nitrogens with one attached hydrogen (secondary N) is 1. The molecule has 1 heterocycles. The van der Waals surface area contributed by atoms with Gasteiger partial charge in [-0.1, -0.05) is 36.2 Å².